The van der Waals surface area contributed by atoms with Crippen LogP contribution in [0.25, 0.3) is 6.08 Å². The van der Waals surface area contributed by atoms with E-state index in [1.54, 1.807) is 18.2 Å². The van der Waals surface area contributed by atoms with Gasteiger partial charge in [0, 0.05) is 6.08 Å². The highest BCUT2D eigenvalue weighted by Gasteiger charge is 2.05. The maximum absolute atomic E-state index is 10.3. The van der Waals surface area contributed by atoms with Crippen molar-refractivity contribution in [2.24, 2.45) is 0 Å². The van der Waals surface area contributed by atoms with Gasteiger partial charge < -0.3 is 9.84 Å². The Bertz CT molecular complexity index is 444. The molecule has 0 amide bonds. The Hall–Kier alpha value is -2.28. The van der Waals surface area contributed by atoms with Crippen LogP contribution in [-0.2, 0) is 4.79 Å². The highest BCUT2D eigenvalue weighted by molar-refractivity contribution is 5.86. The Morgan fingerprint density at radius 1 is 1.60 bits per heavy atom. The van der Waals surface area contributed by atoms with E-state index in [0.29, 0.717) is 16.9 Å². The molecule has 0 heterocycles. The Morgan fingerprint density at radius 3 is 2.87 bits per heavy atom. The van der Waals surface area contributed by atoms with Crippen molar-refractivity contribution >= 4 is 12.0 Å². The third-order valence-electron chi connectivity index (χ3n) is 1.80. The molecule has 1 aromatic rings. The molecule has 1 N–H and O–H groups in total. The topological polar surface area (TPSA) is 70.3 Å². The van der Waals surface area contributed by atoms with Crippen LogP contribution < -0.4 is 4.74 Å². The summed E-state index contributed by atoms with van der Waals surface area (Å²) in [6.45, 7) is 0. The lowest BCUT2D eigenvalue weighted by Gasteiger charge is -2.04. The second kappa shape index (κ2) is 4.82. The van der Waals surface area contributed by atoms with E-state index in [-0.39, 0.29) is 0 Å². The van der Waals surface area contributed by atoms with Gasteiger partial charge in [-0.1, -0.05) is 12.1 Å². The Morgan fingerprint density at radius 2 is 2.33 bits per heavy atom. The van der Waals surface area contributed by atoms with Crippen molar-refractivity contribution in [3.8, 4) is 11.8 Å². The number of hydrogen-bond donors (Lipinski definition) is 1. The first-order valence-electron chi connectivity index (χ1n) is 4.17. The van der Waals surface area contributed by atoms with Crippen molar-refractivity contribution in [1.29, 1.82) is 5.26 Å². The lowest BCUT2D eigenvalue weighted by Crippen LogP contribution is -1.91. The molecule has 0 bridgehead atoms. The summed E-state index contributed by atoms with van der Waals surface area (Å²) in [5.74, 6) is -0.619. The minimum atomic E-state index is -1.05. The zero-order valence-electron chi connectivity index (χ0n) is 8.10. The van der Waals surface area contributed by atoms with Crippen molar-refractivity contribution in [2.45, 2.75) is 0 Å². The minimum absolute atomic E-state index is 0.331. The molecule has 0 fully saturated rings. The van der Waals surface area contributed by atoms with Crippen LogP contribution in [0.15, 0.2) is 24.3 Å². The summed E-state index contributed by atoms with van der Waals surface area (Å²) >= 11 is 0. The monoisotopic (exact) mass is 203 g/mol. The van der Waals surface area contributed by atoms with Gasteiger partial charge in [-0.3, -0.25) is 0 Å². The Kier molecular flexibility index (Phi) is 3.47. The number of carbonyl (C=O) groups is 1. The van der Waals surface area contributed by atoms with Gasteiger partial charge in [-0.2, -0.15) is 5.26 Å². The molecule has 0 spiro atoms. The summed E-state index contributed by atoms with van der Waals surface area (Å²) in [6, 6.07) is 6.97. The fourth-order valence-corrected chi connectivity index (χ4v) is 1.14. The second-order valence-electron chi connectivity index (χ2n) is 2.71. The van der Waals surface area contributed by atoms with Gasteiger partial charge in [-0.25, -0.2) is 4.79 Å². The predicted octanol–water partition coefficient (Wildman–Crippen LogP) is 1.66. The summed E-state index contributed by atoms with van der Waals surface area (Å²) in [5.41, 5.74) is 0.858. The molecule has 0 saturated heterocycles. The average Bonchev–Trinajstić information content (AvgIpc) is 2.25. The molecule has 4 nitrogen and oxygen atoms in total. The number of carboxylic acid groups (broad SMARTS) is 1. The molecule has 76 valence electrons. The molecule has 0 aliphatic rings. The van der Waals surface area contributed by atoms with Gasteiger partial charge in [0.1, 0.15) is 17.4 Å². The number of nitriles is 1. The molecule has 0 atom stereocenters. The smallest absolute Gasteiger partial charge is 0.328 e. The summed E-state index contributed by atoms with van der Waals surface area (Å²) in [5, 5.41) is 17.3. The number of nitrogens with zero attached hydrogens (tertiary/aromatic N) is 1. The minimum Gasteiger partial charge on any atom is -0.495 e. The van der Waals surface area contributed by atoms with Gasteiger partial charge >= 0.3 is 5.97 Å². The number of benzene rings is 1. The van der Waals surface area contributed by atoms with Gasteiger partial charge in [0.15, 0.2) is 0 Å². The van der Waals surface area contributed by atoms with E-state index in [0.717, 1.165) is 6.08 Å². The van der Waals surface area contributed by atoms with E-state index in [1.807, 2.05) is 6.07 Å². The maximum atomic E-state index is 10.3. The van der Waals surface area contributed by atoms with E-state index < -0.39 is 5.97 Å². The molecule has 15 heavy (non-hydrogen) atoms. The van der Waals surface area contributed by atoms with Crippen LogP contribution in [0, 0.1) is 11.3 Å². The van der Waals surface area contributed by atoms with Crippen LogP contribution in [0.4, 0.5) is 0 Å². The lowest BCUT2D eigenvalue weighted by atomic mass is 10.1. The van der Waals surface area contributed by atoms with E-state index in [1.165, 1.54) is 13.2 Å². The highest BCUT2D eigenvalue weighted by Crippen LogP contribution is 2.21. The molecule has 0 saturated carbocycles. The van der Waals surface area contributed by atoms with Crippen molar-refractivity contribution in [3.05, 3.63) is 35.4 Å². The SMILES string of the molecule is COc1cccc(/C=C/C(=O)O)c1C#N. The van der Waals surface area contributed by atoms with Crippen molar-refractivity contribution < 1.29 is 14.6 Å². The third kappa shape index (κ3) is 2.58. The maximum Gasteiger partial charge on any atom is 0.328 e. The van der Waals surface area contributed by atoms with Crippen LogP contribution in [0.3, 0.4) is 0 Å². The summed E-state index contributed by atoms with van der Waals surface area (Å²) < 4.78 is 4.98. The zero-order valence-corrected chi connectivity index (χ0v) is 8.10. The molecule has 4 heteroatoms. The Labute approximate surface area is 87.0 Å². The van der Waals surface area contributed by atoms with Crippen LogP contribution in [0.5, 0.6) is 5.75 Å². The van der Waals surface area contributed by atoms with Crippen LogP contribution >= 0.6 is 0 Å². The van der Waals surface area contributed by atoms with Crippen LogP contribution in [0.2, 0.25) is 0 Å². The van der Waals surface area contributed by atoms with Crippen LogP contribution in [0.1, 0.15) is 11.1 Å². The number of rotatable bonds is 3. The number of ether oxygens (including phenoxy) is 1. The first kappa shape index (κ1) is 10.8. The average molecular weight is 203 g/mol. The normalized spacial score (nSPS) is 9.87. The van der Waals surface area contributed by atoms with Gasteiger partial charge in [-0.15, -0.1) is 0 Å². The molecular formula is C11H9NO3. The van der Waals surface area contributed by atoms with Crippen LogP contribution in [-0.4, -0.2) is 18.2 Å². The molecular weight excluding hydrogens is 194 g/mol. The first-order chi connectivity index (χ1) is 7.19. The number of hydrogen-bond acceptors (Lipinski definition) is 3. The molecule has 1 aromatic carbocycles. The zero-order chi connectivity index (χ0) is 11.3. The molecule has 0 aromatic heterocycles. The third-order valence-corrected chi connectivity index (χ3v) is 1.80. The van der Waals surface area contributed by atoms with Gasteiger partial charge in [0.05, 0.1) is 7.11 Å². The summed E-state index contributed by atoms with van der Waals surface area (Å²) in [4.78, 5) is 10.3. The second-order valence-corrected chi connectivity index (χ2v) is 2.71. The van der Waals surface area contributed by atoms with E-state index in [4.69, 9.17) is 15.1 Å². The van der Waals surface area contributed by atoms with Crippen molar-refractivity contribution in [3.63, 3.8) is 0 Å². The Balaban J connectivity index is 3.19. The quantitative estimate of drug-likeness (QED) is 0.758. The van der Waals surface area contributed by atoms with E-state index in [9.17, 15) is 4.79 Å². The molecule has 0 radical (unpaired) electrons. The summed E-state index contributed by atoms with van der Waals surface area (Å²) in [6.07, 6.45) is 2.35. The number of carboxylic acids is 1. The van der Waals surface area contributed by atoms with Gasteiger partial charge in [0.25, 0.3) is 0 Å². The molecule has 1 rings (SSSR count). The lowest BCUT2D eigenvalue weighted by molar-refractivity contribution is -0.131. The standard InChI is InChI=1S/C11H9NO3/c1-15-10-4-2-3-8(9(10)7-12)5-6-11(13)14/h2-6H,1H3,(H,13,14)/b6-5+. The van der Waals surface area contributed by atoms with Gasteiger partial charge in [-0.05, 0) is 17.7 Å². The van der Waals surface area contributed by atoms with Crippen molar-refractivity contribution in [1.82, 2.24) is 0 Å². The fraction of sp³-hybridized carbons (Fsp3) is 0.0909. The highest BCUT2D eigenvalue weighted by atomic mass is 16.5. The largest absolute Gasteiger partial charge is 0.495 e. The molecule has 0 unspecified atom stereocenters. The van der Waals surface area contributed by atoms with Gasteiger partial charge in [0.2, 0.25) is 0 Å². The first-order valence-corrected chi connectivity index (χ1v) is 4.17. The molecule has 0 aliphatic heterocycles. The number of methoxy groups -OCH3 is 1. The van der Waals surface area contributed by atoms with E-state index >= 15 is 0 Å². The summed E-state index contributed by atoms with van der Waals surface area (Å²) in [7, 11) is 1.46. The predicted molar refractivity (Wildman–Crippen MR) is 54.4 cm³/mol. The van der Waals surface area contributed by atoms with Crippen molar-refractivity contribution in [2.75, 3.05) is 7.11 Å². The van der Waals surface area contributed by atoms with E-state index in [2.05, 4.69) is 0 Å². The number of aliphatic carboxylic acids is 1. The molecule has 0 aliphatic carbocycles. The fourth-order valence-electron chi connectivity index (χ4n) is 1.14.